The van der Waals surface area contributed by atoms with Gasteiger partial charge in [0.2, 0.25) is 0 Å². The molecule has 0 amide bonds. The third kappa shape index (κ3) is 4.76. The Morgan fingerprint density at radius 1 is 0.739 bits per heavy atom. The van der Waals surface area contributed by atoms with Gasteiger partial charge in [-0.05, 0) is 48.4 Å². The Morgan fingerprint density at radius 3 is 1.52 bits per heavy atom. The van der Waals surface area contributed by atoms with Crippen LogP contribution in [0.15, 0.2) is 18.2 Å². The number of rotatable bonds is 4. The van der Waals surface area contributed by atoms with Crippen molar-refractivity contribution in [2.24, 2.45) is 0 Å². The Morgan fingerprint density at radius 2 is 1.13 bits per heavy atom. The molecule has 3 nitrogen and oxygen atoms in total. The molecule has 132 valence electrons. The van der Waals surface area contributed by atoms with Crippen molar-refractivity contribution >= 4 is 22.3 Å². The van der Waals surface area contributed by atoms with Crippen molar-refractivity contribution in [3.8, 4) is 11.5 Å². The second-order valence-corrected chi connectivity index (χ2v) is 18.9. The molecule has 23 heavy (non-hydrogen) atoms. The van der Waals surface area contributed by atoms with Gasteiger partial charge in [0.1, 0.15) is 11.5 Å². The largest absolute Gasteiger partial charge is 0.541 e. The first-order valence-corrected chi connectivity index (χ1v) is 14.2. The van der Waals surface area contributed by atoms with Crippen molar-refractivity contribution in [1.82, 2.24) is 0 Å². The summed E-state index contributed by atoms with van der Waals surface area (Å²) < 4.78 is 13.0. The predicted molar refractivity (Wildman–Crippen MR) is 107 cm³/mol. The predicted octanol–water partition coefficient (Wildman–Crippen LogP) is 6.04. The molecule has 0 fully saturated rings. The lowest BCUT2D eigenvalue weighted by atomic mass is 10.2. The maximum Gasteiger partial charge on any atom is 0.250 e. The van der Waals surface area contributed by atoms with Crippen molar-refractivity contribution in [2.75, 3.05) is 5.73 Å². The molecule has 0 atom stereocenters. The summed E-state index contributed by atoms with van der Waals surface area (Å²) in [4.78, 5) is 0. The van der Waals surface area contributed by atoms with Gasteiger partial charge >= 0.3 is 0 Å². The SMILES string of the molecule is CC(C)(C)[Si](C)(C)Oc1ccc(N)cc1O[Si](C)(C)C(C)(C)C. The highest BCUT2D eigenvalue weighted by Gasteiger charge is 2.42. The van der Waals surface area contributed by atoms with Crippen molar-refractivity contribution < 1.29 is 8.85 Å². The first-order valence-electron chi connectivity index (χ1n) is 8.34. The van der Waals surface area contributed by atoms with Crippen LogP contribution >= 0.6 is 0 Å². The normalized spacial score (nSPS) is 13.8. The number of benzene rings is 1. The molecule has 0 saturated heterocycles. The van der Waals surface area contributed by atoms with Gasteiger partial charge in [0.15, 0.2) is 0 Å². The van der Waals surface area contributed by atoms with E-state index < -0.39 is 16.6 Å². The topological polar surface area (TPSA) is 44.5 Å². The van der Waals surface area contributed by atoms with Gasteiger partial charge in [-0.2, -0.15) is 0 Å². The van der Waals surface area contributed by atoms with Crippen LogP contribution in [0, 0.1) is 0 Å². The molecule has 1 aromatic rings. The van der Waals surface area contributed by atoms with E-state index in [2.05, 4.69) is 67.7 Å². The lowest BCUT2D eigenvalue weighted by Gasteiger charge is -2.39. The molecule has 0 aliphatic heterocycles. The van der Waals surface area contributed by atoms with E-state index in [0.29, 0.717) is 5.69 Å². The fraction of sp³-hybridized carbons (Fsp3) is 0.667. The van der Waals surface area contributed by atoms with Crippen LogP contribution in [0.3, 0.4) is 0 Å². The molecule has 0 radical (unpaired) electrons. The summed E-state index contributed by atoms with van der Waals surface area (Å²) >= 11 is 0. The highest BCUT2D eigenvalue weighted by Crippen LogP contribution is 2.43. The zero-order valence-corrected chi connectivity index (χ0v) is 18.6. The Labute approximate surface area is 144 Å². The number of anilines is 1. The van der Waals surface area contributed by atoms with Gasteiger partial charge in [-0.25, -0.2) is 0 Å². The summed E-state index contributed by atoms with van der Waals surface area (Å²) in [6.45, 7) is 22.4. The van der Waals surface area contributed by atoms with E-state index in [1.165, 1.54) is 0 Å². The van der Waals surface area contributed by atoms with Crippen LogP contribution in [0.4, 0.5) is 5.69 Å². The molecule has 2 N–H and O–H groups in total. The molecule has 0 heterocycles. The number of nitrogens with two attached hydrogens (primary N) is 1. The number of hydrogen-bond acceptors (Lipinski definition) is 3. The van der Waals surface area contributed by atoms with Crippen molar-refractivity contribution in [3.05, 3.63) is 18.2 Å². The van der Waals surface area contributed by atoms with Crippen LogP contribution in [0.5, 0.6) is 11.5 Å². The Bertz CT molecular complexity index is 555. The minimum Gasteiger partial charge on any atom is -0.541 e. The summed E-state index contributed by atoms with van der Waals surface area (Å²) in [5.41, 5.74) is 6.71. The molecule has 5 heteroatoms. The van der Waals surface area contributed by atoms with Crippen molar-refractivity contribution in [3.63, 3.8) is 0 Å². The third-order valence-corrected chi connectivity index (χ3v) is 14.0. The number of nitrogen functional groups attached to an aromatic ring is 1. The van der Waals surface area contributed by atoms with Gasteiger partial charge in [0.05, 0.1) is 0 Å². The summed E-state index contributed by atoms with van der Waals surface area (Å²) in [7, 11) is -3.86. The molecular formula is C18H35NO2Si2. The molecule has 0 unspecified atom stereocenters. The van der Waals surface area contributed by atoms with Crippen molar-refractivity contribution in [2.45, 2.75) is 77.8 Å². The second kappa shape index (κ2) is 6.17. The first-order chi connectivity index (χ1) is 10.1. The highest BCUT2D eigenvalue weighted by molar-refractivity contribution is 6.75. The summed E-state index contributed by atoms with van der Waals surface area (Å²) in [5.74, 6) is 1.62. The fourth-order valence-corrected chi connectivity index (χ4v) is 3.58. The van der Waals surface area contributed by atoms with Gasteiger partial charge in [-0.1, -0.05) is 41.5 Å². The van der Waals surface area contributed by atoms with Gasteiger partial charge in [0, 0.05) is 11.8 Å². The van der Waals surface area contributed by atoms with Crippen LogP contribution in [-0.2, 0) is 0 Å². The van der Waals surface area contributed by atoms with Gasteiger partial charge < -0.3 is 14.6 Å². The summed E-state index contributed by atoms with van der Waals surface area (Å²) in [5, 5.41) is 0.272. The van der Waals surface area contributed by atoms with E-state index in [4.69, 9.17) is 14.6 Å². The molecule has 1 aromatic carbocycles. The minimum absolute atomic E-state index is 0.131. The summed E-state index contributed by atoms with van der Waals surface area (Å²) in [6, 6.07) is 5.75. The van der Waals surface area contributed by atoms with E-state index in [-0.39, 0.29) is 10.1 Å². The van der Waals surface area contributed by atoms with Gasteiger partial charge in [-0.15, -0.1) is 0 Å². The molecule has 0 bridgehead atoms. The van der Waals surface area contributed by atoms with E-state index in [1.54, 1.807) is 0 Å². The molecule has 0 aromatic heterocycles. The maximum absolute atomic E-state index is 6.49. The smallest absolute Gasteiger partial charge is 0.250 e. The monoisotopic (exact) mass is 353 g/mol. The maximum atomic E-state index is 6.49. The molecule has 0 aliphatic rings. The number of hydrogen-bond donors (Lipinski definition) is 1. The summed E-state index contributed by atoms with van der Waals surface area (Å²) in [6.07, 6.45) is 0. The third-order valence-electron chi connectivity index (χ3n) is 5.31. The Kier molecular flexibility index (Phi) is 5.39. The molecule has 0 saturated carbocycles. The van der Waals surface area contributed by atoms with E-state index in [0.717, 1.165) is 11.5 Å². The van der Waals surface area contributed by atoms with E-state index >= 15 is 0 Å². The molecule has 1 rings (SSSR count). The Hall–Kier alpha value is -0.946. The zero-order valence-electron chi connectivity index (χ0n) is 16.6. The highest BCUT2D eigenvalue weighted by atomic mass is 28.4. The molecule has 0 spiro atoms. The van der Waals surface area contributed by atoms with Crippen LogP contribution < -0.4 is 14.6 Å². The van der Waals surface area contributed by atoms with Gasteiger partial charge in [-0.3, -0.25) is 0 Å². The fourth-order valence-electron chi connectivity index (χ4n) is 1.54. The van der Waals surface area contributed by atoms with Gasteiger partial charge in [0.25, 0.3) is 16.6 Å². The minimum atomic E-state index is -1.94. The van der Waals surface area contributed by atoms with Crippen LogP contribution in [-0.4, -0.2) is 16.6 Å². The lowest BCUT2D eigenvalue weighted by Crippen LogP contribution is -2.45. The van der Waals surface area contributed by atoms with Crippen LogP contribution in [0.25, 0.3) is 0 Å². The molecular weight excluding hydrogens is 318 g/mol. The lowest BCUT2D eigenvalue weighted by molar-refractivity contribution is 0.441. The second-order valence-electron chi connectivity index (χ2n) is 9.43. The van der Waals surface area contributed by atoms with Crippen molar-refractivity contribution in [1.29, 1.82) is 0 Å². The average molecular weight is 354 g/mol. The van der Waals surface area contributed by atoms with E-state index in [1.807, 2.05) is 18.2 Å². The standard InChI is InChI=1S/C18H35NO2Si2/c1-17(2,3)22(7,8)20-15-12-11-14(19)13-16(15)21-23(9,10)18(4,5)6/h11-13H,19H2,1-10H3. The van der Waals surface area contributed by atoms with Crippen LogP contribution in [0.2, 0.25) is 36.3 Å². The Balaban J connectivity index is 3.22. The zero-order chi connectivity index (χ0) is 18.3. The van der Waals surface area contributed by atoms with E-state index in [9.17, 15) is 0 Å². The average Bonchev–Trinajstić information content (AvgIpc) is 2.29. The van der Waals surface area contributed by atoms with Crippen LogP contribution in [0.1, 0.15) is 41.5 Å². The first kappa shape index (κ1) is 20.1. The quantitative estimate of drug-likeness (QED) is 0.530. The molecule has 0 aliphatic carbocycles.